The number of hydrazone groups is 1. The van der Waals surface area contributed by atoms with Crippen LogP contribution in [0.1, 0.15) is 44.5 Å². The van der Waals surface area contributed by atoms with Crippen LogP contribution in [0.25, 0.3) is 17.4 Å². The third-order valence-corrected chi connectivity index (χ3v) is 5.64. The molecule has 0 saturated heterocycles. The van der Waals surface area contributed by atoms with Crippen molar-refractivity contribution in [3.05, 3.63) is 82.1 Å². The summed E-state index contributed by atoms with van der Waals surface area (Å²) in [6.45, 7) is 5.57. The molecule has 8 heteroatoms. The zero-order chi connectivity index (χ0) is 24.6. The first kappa shape index (κ1) is 22.7. The number of ether oxygens (including phenoxy) is 1. The Balaban J connectivity index is 1.65. The summed E-state index contributed by atoms with van der Waals surface area (Å²) >= 11 is 0. The number of anilines is 1. The highest BCUT2D eigenvalue weighted by Crippen LogP contribution is 2.31. The maximum atomic E-state index is 13.0. The lowest BCUT2D eigenvalue weighted by atomic mass is 9.98. The van der Waals surface area contributed by atoms with Crippen molar-refractivity contribution in [3.63, 3.8) is 0 Å². The molecular weight excluding hydrogens is 436 g/mol. The van der Waals surface area contributed by atoms with E-state index < -0.39 is 11.9 Å². The Hall–Kier alpha value is -4.46. The molecule has 0 aliphatic carbocycles. The number of esters is 1. The van der Waals surface area contributed by atoms with Gasteiger partial charge in [-0.25, -0.2) is 9.59 Å². The fourth-order valence-corrected chi connectivity index (χ4v) is 3.62. The first-order valence-electron chi connectivity index (χ1n) is 10.4. The number of rotatable bonds is 5. The van der Waals surface area contributed by atoms with Crippen LogP contribution in [0, 0.1) is 13.8 Å². The smallest absolute Gasteiger partial charge is 0.338 e. The number of carboxylic acid groups (broad SMARTS) is 1. The molecule has 172 valence electrons. The fourth-order valence-electron chi connectivity index (χ4n) is 3.62. The van der Waals surface area contributed by atoms with E-state index >= 15 is 0 Å². The van der Waals surface area contributed by atoms with Gasteiger partial charge in [-0.1, -0.05) is 0 Å². The molecule has 3 aromatic rings. The van der Waals surface area contributed by atoms with Crippen molar-refractivity contribution in [2.45, 2.75) is 20.8 Å². The second kappa shape index (κ2) is 8.82. The number of carbonyl (C=O) groups is 3. The lowest BCUT2D eigenvalue weighted by Gasteiger charge is -2.11. The highest BCUT2D eigenvalue weighted by molar-refractivity contribution is 6.32. The van der Waals surface area contributed by atoms with Crippen molar-refractivity contribution in [1.82, 2.24) is 0 Å². The molecule has 8 nitrogen and oxygen atoms in total. The van der Waals surface area contributed by atoms with Crippen LogP contribution in [0.2, 0.25) is 0 Å². The van der Waals surface area contributed by atoms with Crippen molar-refractivity contribution in [3.8, 4) is 11.3 Å². The molecule has 0 bridgehead atoms. The molecule has 2 heterocycles. The summed E-state index contributed by atoms with van der Waals surface area (Å²) in [5.74, 6) is -0.985. The molecular formula is C26H22N2O6. The molecule has 0 unspecified atom stereocenters. The fraction of sp³-hybridized carbons (Fsp3) is 0.154. The largest absolute Gasteiger partial charge is 0.478 e. The standard InChI is InChI=1S/C26H22N2O6/c1-14-11-21(22(12-15(14)2)26(32)33-4)23-10-9-19(34-23)13-20-16(3)27-28(24(20)29)18-7-5-17(6-8-18)25(30)31/h5-13H,1-4H3,(H,30,31)/b20-13-. The van der Waals surface area contributed by atoms with Gasteiger partial charge in [0.15, 0.2) is 0 Å². The van der Waals surface area contributed by atoms with Gasteiger partial charge in [0.05, 0.1) is 35.2 Å². The van der Waals surface area contributed by atoms with Crippen LogP contribution in [0.3, 0.4) is 0 Å². The van der Waals surface area contributed by atoms with E-state index in [1.54, 1.807) is 31.2 Å². The molecule has 0 spiro atoms. The molecule has 0 saturated carbocycles. The Morgan fingerprint density at radius 2 is 1.71 bits per heavy atom. The number of methoxy groups -OCH3 is 1. The van der Waals surface area contributed by atoms with E-state index in [1.165, 1.54) is 36.4 Å². The number of benzene rings is 2. The van der Waals surface area contributed by atoms with Crippen molar-refractivity contribution in [2.75, 3.05) is 12.1 Å². The molecule has 2 aromatic carbocycles. The van der Waals surface area contributed by atoms with Gasteiger partial charge in [0.2, 0.25) is 0 Å². The van der Waals surface area contributed by atoms with Gasteiger partial charge in [-0.05, 0) is 86.5 Å². The normalized spacial score (nSPS) is 14.5. The Labute approximate surface area is 195 Å². The van der Waals surface area contributed by atoms with Gasteiger partial charge in [-0.3, -0.25) is 4.79 Å². The van der Waals surface area contributed by atoms with Crippen LogP contribution in [-0.2, 0) is 9.53 Å². The molecule has 1 N–H and O–H groups in total. The first-order chi connectivity index (χ1) is 16.2. The van der Waals surface area contributed by atoms with Gasteiger partial charge in [-0.2, -0.15) is 10.1 Å². The Morgan fingerprint density at radius 3 is 2.35 bits per heavy atom. The quantitative estimate of drug-likeness (QED) is 0.432. The Bertz CT molecular complexity index is 1380. The molecule has 0 fully saturated rings. The number of hydrogen-bond acceptors (Lipinski definition) is 6. The summed E-state index contributed by atoms with van der Waals surface area (Å²) in [4.78, 5) is 36.4. The topological polar surface area (TPSA) is 109 Å². The lowest BCUT2D eigenvalue weighted by Crippen LogP contribution is -2.21. The number of nitrogens with zero attached hydrogens (tertiary/aromatic N) is 2. The number of amides is 1. The summed E-state index contributed by atoms with van der Waals surface area (Å²) in [5, 5.41) is 14.6. The minimum Gasteiger partial charge on any atom is -0.478 e. The Morgan fingerprint density at radius 1 is 1.03 bits per heavy atom. The van der Waals surface area contributed by atoms with Gasteiger partial charge < -0.3 is 14.3 Å². The second-order valence-electron chi connectivity index (χ2n) is 7.89. The highest BCUT2D eigenvalue weighted by Gasteiger charge is 2.29. The average molecular weight is 458 g/mol. The molecule has 1 amide bonds. The van der Waals surface area contributed by atoms with Crippen LogP contribution < -0.4 is 5.01 Å². The van der Waals surface area contributed by atoms with Crippen LogP contribution in [0.15, 0.2) is 63.6 Å². The second-order valence-corrected chi connectivity index (χ2v) is 7.89. The molecule has 4 rings (SSSR count). The van der Waals surface area contributed by atoms with Crippen molar-refractivity contribution in [2.24, 2.45) is 5.10 Å². The lowest BCUT2D eigenvalue weighted by molar-refractivity contribution is -0.114. The monoisotopic (exact) mass is 458 g/mol. The van der Waals surface area contributed by atoms with E-state index in [-0.39, 0.29) is 11.5 Å². The molecule has 0 radical (unpaired) electrons. The summed E-state index contributed by atoms with van der Waals surface area (Å²) < 4.78 is 10.9. The summed E-state index contributed by atoms with van der Waals surface area (Å²) in [7, 11) is 1.33. The summed E-state index contributed by atoms with van der Waals surface area (Å²) in [6.07, 6.45) is 1.59. The summed E-state index contributed by atoms with van der Waals surface area (Å²) in [5.41, 5.74) is 4.36. The Kier molecular flexibility index (Phi) is 5.89. The van der Waals surface area contributed by atoms with Crippen molar-refractivity contribution in [1.29, 1.82) is 0 Å². The number of carboxylic acids is 1. The number of aromatic carboxylic acids is 1. The predicted octanol–water partition coefficient (Wildman–Crippen LogP) is 4.85. The average Bonchev–Trinajstić information content (AvgIpc) is 3.40. The molecule has 34 heavy (non-hydrogen) atoms. The van der Waals surface area contributed by atoms with E-state index in [0.29, 0.717) is 39.6 Å². The maximum Gasteiger partial charge on any atom is 0.338 e. The van der Waals surface area contributed by atoms with Gasteiger partial charge in [-0.15, -0.1) is 0 Å². The van der Waals surface area contributed by atoms with E-state index in [1.807, 2.05) is 19.9 Å². The van der Waals surface area contributed by atoms with Crippen molar-refractivity contribution >= 4 is 35.3 Å². The van der Waals surface area contributed by atoms with Crippen LogP contribution in [-0.4, -0.2) is 35.8 Å². The zero-order valence-electron chi connectivity index (χ0n) is 19.1. The van der Waals surface area contributed by atoms with E-state index in [2.05, 4.69) is 5.10 Å². The van der Waals surface area contributed by atoms with E-state index in [0.717, 1.165) is 11.1 Å². The SMILES string of the molecule is COC(=O)c1cc(C)c(C)cc1-c1ccc(/C=C2\C(=O)N(c3ccc(C(=O)O)cc3)N=C2C)o1. The van der Waals surface area contributed by atoms with Gasteiger partial charge in [0.25, 0.3) is 5.91 Å². The van der Waals surface area contributed by atoms with Crippen molar-refractivity contribution < 1.29 is 28.6 Å². The van der Waals surface area contributed by atoms with Crippen LogP contribution >= 0.6 is 0 Å². The first-order valence-corrected chi connectivity index (χ1v) is 10.4. The number of carbonyl (C=O) groups excluding carboxylic acids is 2. The predicted molar refractivity (Wildman–Crippen MR) is 127 cm³/mol. The van der Waals surface area contributed by atoms with Gasteiger partial charge >= 0.3 is 11.9 Å². The highest BCUT2D eigenvalue weighted by atomic mass is 16.5. The zero-order valence-corrected chi connectivity index (χ0v) is 19.1. The van der Waals surface area contributed by atoms with Gasteiger partial charge in [0.1, 0.15) is 11.5 Å². The third-order valence-electron chi connectivity index (χ3n) is 5.64. The van der Waals surface area contributed by atoms with Crippen LogP contribution in [0.4, 0.5) is 5.69 Å². The molecule has 1 aliphatic heterocycles. The minimum atomic E-state index is -1.05. The third kappa shape index (κ3) is 4.13. The number of aryl methyl sites for hydroxylation is 2. The van der Waals surface area contributed by atoms with Gasteiger partial charge in [0, 0.05) is 5.56 Å². The summed E-state index contributed by atoms with van der Waals surface area (Å²) in [6, 6.07) is 13.0. The molecule has 0 atom stereocenters. The maximum absolute atomic E-state index is 13.0. The molecule has 1 aromatic heterocycles. The number of furan rings is 1. The van der Waals surface area contributed by atoms with E-state index in [9.17, 15) is 14.4 Å². The van der Waals surface area contributed by atoms with Crippen LogP contribution in [0.5, 0.6) is 0 Å². The number of hydrogen-bond donors (Lipinski definition) is 1. The molecule has 1 aliphatic rings. The minimum absolute atomic E-state index is 0.118. The van der Waals surface area contributed by atoms with E-state index in [4.69, 9.17) is 14.3 Å².